The Morgan fingerprint density at radius 3 is 2.49 bits per heavy atom. The molecule has 0 saturated heterocycles. The summed E-state index contributed by atoms with van der Waals surface area (Å²) in [5.41, 5.74) is 3.40. The van der Waals surface area contributed by atoms with Crippen molar-refractivity contribution >= 4 is 28.8 Å². The lowest BCUT2D eigenvalue weighted by atomic mass is 9.91. The third-order valence-corrected chi connectivity index (χ3v) is 7.16. The number of hydrogen-bond donors (Lipinski definition) is 1. The van der Waals surface area contributed by atoms with E-state index in [2.05, 4.69) is 5.18 Å². The molecule has 2 atom stereocenters. The van der Waals surface area contributed by atoms with Crippen LogP contribution in [0.1, 0.15) is 75.7 Å². The number of carboxylic acids is 1. The van der Waals surface area contributed by atoms with Crippen LogP contribution in [-0.2, 0) is 17.6 Å². The molecule has 0 bridgehead atoms. The van der Waals surface area contributed by atoms with Crippen molar-refractivity contribution in [2.45, 2.75) is 51.0 Å². The van der Waals surface area contributed by atoms with Crippen LogP contribution in [-0.4, -0.2) is 34.3 Å². The highest BCUT2D eigenvalue weighted by atomic mass is 16.4. The highest BCUT2D eigenvalue weighted by molar-refractivity contribution is 6.21. The molecule has 0 spiro atoms. The summed E-state index contributed by atoms with van der Waals surface area (Å²) >= 11 is 0. The third kappa shape index (κ3) is 4.24. The fourth-order valence-electron chi connectivity index (χ4n) is 5.28. The van der Waals surface area contributed by atoms with Crippen LogP contribution in [0.5, 0.6) is 0 Å². The molecule has 2 heterocycles. The molecule has 1 aliphatic heterocycles. The van der Waals surface area contributed by atoms with Gasteiger partial charge in [-0.2, -0.15) is 4.91 Å². The van der Waals surface area contributed by atoms with E-state index >= 15 is 0 Å². The predicted octanol–water partition coefficient (Wildman–Crippen LogP) is 5.29. The zero-order valence-corrected chi connectivity index (χ0v) is 19.2. The molecule has 0 radical (unpaired) electrons. The first-order valence-corrected chi connectivity index (χ1v) is 12.0. The molecule has 180 valence electrons. The summed E-state index contributed by atoms with van der Waals surface area (Å²) in [6.07, 6.45) is 4.37. The highest BCUT2D eigenvalue weighted by Gasteiger charge is 2.34. The monoisotopic (exact) mass is 474 g/mol. The van der Waals surface area contributed by atoms with Gasteiger partial charge in [-0.25, -0.2) is 0 Å². The number of carboxylic acid groups (broad SMARTS) is 1. The molecular weight excluding hydrogens is 448 g/mol. The van der Waals surface area contributed by atoms with Gasteiger partial charge in [0.15, 0.2) is 0 Å². The smallest absolute Gasteiger partial charge is 0.306 e. The van der Waals surface area contributed by atoms with Crippen molar-refractivity contribution < 1.29 is 23.9 Å². The molecule has 8 nitrogen and oxygen atoms in total. The molecule has 8 heteroatoms. The molecule has 1 N–H and O–H groups in total. The van der Waals surface area contributed by atoms with Gasteiger partial charge in [-0.3, -0.25) is 19.3 Å². The summed E-state index contributed by atoms with van der Waals surface area (Å²) in [4.78, 5) is 49.8. The van der Waals surface area contributed by atoms with Crippen LogP contribution in [0.4, 0.5) is 0 Å². The Morgan fingerprint density at radius 1 is 1.06 bits per heavy atom. The highest BCUT2D eigenvalue weighted by Crippen LogP contribution is 2.36. The SMILES string of the molecule is O=NC(CC(CCCCN1C(=O)c2ccccc2C1=O)C(=O)O)c1ccc2c3c(oc2c1)CCC3. The van der Waals surface area contributed by atoms with E-state index in [1.54, 1.807) is 30.3 Å². The summed E-state index contributed by atoms with van der Waals surface area (Å²) in [6.45, 7) is 0.230. The van der Waals surface area contributed by atoms with Crippen molar-refractivity contribution in [1.82, 2.24) is 4.90 Å². The number of aliphatic carboxylic acids is 1. The number of carbonyl (C=O) groups is 3. The van der Waals surface area contributed by atoms with E-state index in [1.807, 2.05) is 12.1 Å². The zero-order valence-electron chi connectivity index (χ0n) is 19.2. The first-order valence-electron chi connectivity index (χ1n) is 12.0. The lowest BCUT2D eigenvalue weighted by Gasteiger charge is -2.17. The Labute approximate surface area is 201 Å². The van der Waals surface area contributed by atoms with Crippen molar-refractivity contribution in [3.63, 3.8) is 0 Å². The zero-order chi connectivity index (χ0) is 24.5. The molecule has 2 aromatic carbocycles. The van der Waals surface area contributed by atoms with Gasteiger partial charge in [-0.15, -0.1) is 0 Å². The minimum absolute atomic E-state index is 0.0811. The molecule has 1 aromatic heterocycles. The summed E-state index contributed by atoms with van der Waals surface area (Å²) in [5.74, 6) is -1.39. The number of furan rings is 1. The molecular formula is C27H26N2O6. The minimum atomic E-state index is -0.988. The second kappa shape index (κ2) is 9.44. The maximum atomic E-state index is 12.5. The number of imide groups is 1. The van der Waals surface area contributed by atoms with Crippen molar-refractivity contribution in [2.75, 3.05) is 6.54 Å². The Hall–Kier alpha value is -3.81. The molecule has 1 aliphatic carbocycles. The maximum absolute atomic E-state index is 12.5. The van der Waals surface area contributed by atoms with Gasteiger partial charge < -0.3 is 9.52 Å². The molecule has 0 saturated carbocycles. The predicted molar refractivity (Wildman–Crippen MR) is 128 cm³/mol. The van der Waals surface area contributed by atoms with Gasteiger partial charge in [0.2, 0.25) is 0 Å². The van der Waals surface area contributed by atoms with Crippen LogP contribution in [0, 0.1) is 10.8 Å². The van der Waals surface area contributed by atoms with Gasteiger partial charge in [0.25, 0.3) is 11.8 Å². The average molecular weight is 475 g/mol. The van der Waals surface area contributed by atoms with E-state index < -0.39 is 17.9 Å². The van der Waals surface area contributed by atoms with Crippen LogP contribution in [0.15, 0.2) is 52.1 Å². The molecule has 2 amide bonds. The van der Waals surface area contributed by atoms with Gasteiger partial charge >= 0.3 is 5.97 Å². The number of rotatable bonds is 10. The Balaban J connectivity index is 1.19. The number of fused-ring (bicyclic) bond motifs is 4. The van der Waals surface area contributed by atoms with Crippen LogP contribution in [0.25, 0.3) is 11.0 Å². The summed E-state index contributed by atoms with van der Waals surface area (Å²) in [7, 11) is 0. The van der Waals surface area contributed by atoms with Gasteiger partial charge in [0.1, 0.15) is 17.4 Å². The fourth-order valence-corrected chi connectivity index (χ4v) is 5.28. The lowest BCUT2D eigenvalue weighted by molar-refractivity contribution is -0.142. The number of unbranched alkanes of at least 4 members (excludes halogenated alkanes) is 1. The average Bonchev–Trinajstić information content (AvgIpc) is 3.52. The number of nitrogens with zero attached hydrogens (tertiary/aromatic N) is 2. The largest absolute Gasteiger partial charge is 0.481 e. The van der Waals surface area contributed by atoms with Crippen molar-refractivity contribution in [3.05, 3.63) is 75.4 Å². The van der Waals surface area contributed by atoms with E-state index in [1.165, 1.54) is 10.5 Å². The summed E-state index contributed by atoms with van der Waals surface area (Å²) in [5, 5.41) is 14.0. The van der Waals surface area contributed by atoms with Gasteiger partial charge in [0.05, 0.1) is 17.0 Å². The Kier molecular flexibility index (Phi) is 6.19. The van der Waals surface area contributed by atoms with E-state index in [-0.39, 0.29) is 24.8 Å². The van der Waals surface area contributed by atoms with Gasteiger partial charge in [-0.05, 0) is 55.9 Å². The van der Waals surface area contributed by atoms with E-state index in [0.29, 0.717) is 41.5 Å². The standard InChI is InChI=1S/C27H26N2O6/c30-25-20-7-1-2-8-21(20)26(31)29(25)13-4-3-6-17(27(32)33)14-22(28-34)16-11-12-19-18-9-5-10-23(18)35-24(19)15-16/h1-2,7-8,11-12,15,17,22H,3-6,9-10,13-14H2,(H,32,33). The van der Waals surface area contributed by atoms with Crippen LogP contribution in [0.2, 0.25) is 0 Å². The Bertz CT molecular complexity index is 1290. The third-order valence-electron chi connectivity index (χ3n) is 7.16. The maximum Gasteiger partial charge on any atom is 0.306 e. The van der Waals surface area contributed by atoms with Gasteiger partial charge in [0, 0.05) is 23.9 Å². The van der Waals surface area contributed by atoms with E-state index in [9.17, 15) is 24.4 Å². The van der Waals surface area contributed by atoms with Crippen LogP contribution in [0.3, 0.4) is 0 Å². The number of carbonyl (C=O) groups excluding carboxylic acids is 2. The first kappa shape index (κ1) is 23.0. The topological polar surface area (TPSA) is 117 Å². The van der Waals surface area contributed by atoms with Crippen LogP contribution < -0.4 is 0 Å². The second-order valence-electron chi connectivity index (χ2n) is 9.31. The fraction of sp³-hybridized carbons (Fsp3) is 0.370. The van der Waals surface area contributed by atoms with E-state index in [4.69, 9.17) is 4.42 Å². The molecule has 35 heavy (non-hydrogen) atoms. The summed E-state index contributed by atoms with van der Waals surface area (Å²) in [6, 6.07) is 11.5. The van der Waals surface area contributed by atoms with Crippen molar-refractivity contribution in [3.8, 4) is 0 Å². The molecule has 0 fully saturated rings. The quantitative estimate of drug-likeness (QED) is 0.242. The minimum Gasteiger partial charge on any atom is -0.481 e. The second-order valence-corrected chi connectivity index (χ2v) is 9.31. The van der Waals surface area contributed by atoms with Gasteiger partial charge in [-0.1, -0.05) is 35.9 Å². The number of benzene rings is 2. The number of aryl methyl sites for hydroxylation is 2. The Morgan fingerprint density at radius 2 is 1.80 bits per heavy atom. The number of nitroso groups, excluding NO2 is 1. The molecule has 2 unspecified atom stereocenters. The normalized spacial score (nSPS) is 16.4. The van der Waals surface area contributed by atoms with Crippen molar-refractivity contribution in [1.29, 1.82) is 0 Å². The number of hydrogen-bond acceptors (Lipinski definition) is 6. The molecule has 2 aliphatic rings. The molecule has 3 aromatic rings. The lowest BCUT2D eigenvalue weighted by Crippen LogP contribution is -2.30. The first-order chi connectivity index (χ1) is 17.0. The van der Waals surface area contributed by atoms with E-state index in [0.717, 1.165) is 30.4 Å². The van der Waals surface area contributed by atoms with Crippen molar-refractivity contribution in [2.24, 2.45) is 11.1 Å². The summed E-state index contributed by atoms with van der Waals surface area (Å²) < 4.78 is 5.95. The van der Waals surface area contributed by atoms with Crippen LogP contribution >= 0.6 is 0 Å². The molecule has 5 rings (SSSR count). The number of amides is 2.